The van der Waals surface area contributed by atoms with E-state index in [1.165, 1.54) is 42.8 Å². The van der Waals surface area contributed by atoms with Crippen LogP contribution in [0.1, 0.15) is 23.3 Å². The molecule has 21 heavy (non-hydrogen) atoms. The fourth-order valence-corrected chi connectivity index (χ4v) is 3.73. The maximum Gasteiger partial charge on any atom is 0.197 e. The standard InChI is InChI=1S/C16H22N4S/c17-19-16-18-11-15(21-16)12-20-8-6-14(7-9-20)10-13-4-2-1-3-5-13/h1-5,11,14H,6-10,12,17H2,(H,18,19). The van der Waals surface area contributed by atoms with Crippen molar-refractivity contribution >= 4 is 16.5 Å². The molecule has 1 saturated heterocycles. The second kappa shape index (κ2) is 7.02. The lowest BCUT2D eigenvalue weighted by molar-refractivity contribution is 0.178. The molecule has 0 atom stereocenters. The van der Waals surface area contributed by atoms with E-state index < -0.39 is 0 Å². The summed E-state index contributed by atoms with van der Waals surface area (Å²) >= 11 is 1.64. The summed E-state index contributed by atoms with van der Waals surface area (Å²) in [5.41, 5.74) is 4.08. The van der Waals surface area contributed by atoms with Gasteiger partial charge in [-0.15, -0.1) is 0 Å². The first-order valence-corrected chi connectivity index (χ1v) is 8.33. The fraction of sp³-hybridized carbons (Fsp3) is 0.438. The Bertz CT molecular complexity index is 546. The molecule has 0 unspecified atom stereocenters. The van der Waals surface area contributed by atoms with Crippen molar-refractivity contribution in [3.63, 3.8) is 0 Å². The summed E-state index contributed by atoms with van der Waals surface area (Å²) in [4.78, 5) is 8.03. The Kier molecular flexibility index (Phi) is 4.85. The summed E-state index contributed by atoms with van der Waals surface area (Å²) in [6.07, 6.45) is 5.72. The van der Waals surface area contributed by atoms with E-state index in [0.29, 0.717) is 0 Å². The molecule has 112 valence electrons. The zero-order chi connectivity index (χ0) is 14.5. The molecule has 0 spiro atoms. The molecule has 1 aromatic heterocycles. The Hall–Kier alpha value is -1.43. The van der Waals surface area contributed by atoms with Gasteiger partial charge in [0.1, 0.15) is 0 Å². The highest BCUT2D eigenvalue weighted by Crippen LogP contribution is 2.24. The van der Waals surface area contributed by atoms with E-state index in [1.807, 2.05) is 6.20 Å². The van der Waals surface area contributed by atoms with Gasteiger partial charge in [-0.05, 0) is 43.8 Å². The largest absolute Gasteiger partial charge is 0.300 e. The minimum Gasteiger partial charge on any atom is -0.300 e. The van der Waals surface area contributed by atoms with Crippen LogP contribution in [0.2, 0.25) is 0 Å². The predicted octanol–water partition coefficient (Wildman–Crippen LogP) is 2.88. The molecular weight excluding hydrogens is 280 g/mol. The van der Waals surface area contributed by atoms with Gasteiger partial charge in [-0.1, -0.05) is 41.7 Å². The van der Waals surface area contributed by atoms with Crippen molar-refractivity contribution in [3.05, 3.63) is 47.0 Å². The lowest BCUT2D eigenvalue weighted by atomic mass is 9.90. The molecule has 0 amide bonds. The van der Waals surface area contributed by atoms with Crippen molar-refractivity contribution in [3.8, 4) is 0 Å². The highest BCUT2D eigenvalue weighted by Gasteiger charge is 2.20. The quantitative estimate of drug-likeness (QED) is 0.659. The van der Waals surface area contributed by atoms with E-state index in [2.05, 4.69) is 45.6 Å². The van der Waals surface area contributed by atoms with E-state index in [-0.39, 0.29) is 0 Å². The molecule has 2 heterocycles. The number of piperidine rings is 1. The summed E-state index contributed by atoms with van der Waals surface area (Å²) in [5, 5.41) is 0.795. The Morgan fingerprint density at radius 3 is 2.67 bits per heavy atom. The Morgan fingerprint density at radius 2 is 2.00 bits per heavy atom. The molecule has 0 bridgehead atoms. The maximum absolute atomic E-state index is 5.37. The highest BCUT2D eigenvalue weighted by molar-refractivity contribution is 7.15. The van der Waals surface area contributed by atoms with Crippen LogP contribution in [0.25, 0.3) is 0 Å². The number of hydrogen-bond acceptors (Lipinski definition) is 5. The van der Waals surface area contributed by atoms with Gasteiger partial charge in [-0.25, -0.2) is 10.8 Å². The van der Waals surface area contributed by atoms with E-state index >= 15 is 0 Å². The second-order valence-electron chi connectivity index (χ2n) is 5.69. The van der Waals surface area contributed by atoms with Crippen molar-refractivity contribution in [1.29, 1.82) is 0 Å². The van der Waals surface area contributed by atoms with Crippen molar-refractivity contribution in [2.24, 2.45) is 11.8 Å². The number of nitrogen functional groups attached to an aromatic ring is 1. The lowest BCUT2D eigenvalue weighted by Gasteiger charge is -2.31. The smallest absolute Gasteiger partial charge is 0.197 e. The number of benzene rings is 1. The topological polar surface area (TPSA) is 54.2 Å². The number of thiazole rings is 1. The van der Waals surface area contributed by atoms with Crippen LogP contribution in [-0.4, -0.2) is 23.0 Å². The SMILES string of the molecule is NNc1ncc(CN2CCC(Cc3ccccc3)CC2)s1. The van der Waals surface area contributed by atoms with Crippen LogP contribution in [0.4, 0.5) is 5.13 Å². The van der Waals surface area contributed by atoms with Crippen LogP contribution in [0, 0.1) is 5.92 Å². The Labute approximate surface area is 130 Å². The molecule has 4 nitrogen and oxygen atoms in total. The van der Waals surface area contributed by atoms with Crippen LogP contribution in [0.15, 0.2) is 36.5 Å². The number of hydrogen-bond donors (Lipinski definition) is 2. The number of rotatable bonds is 5. The Balaban J connectivity index is 1.46. The van der Waals surface area contributed by atoms with Gasteiger partial charge in [0.15, 0.2) is 5.13 Å². The Morgan fingerprint density at radius 1 is 1.24 bits per heavy atom. The average molecular weight is 302 g/mol. The summed E-state index contributed by atoms with van der Waals surface area (Å²) in [6.45, 7) is 3.36. The molecule has 1 aromatic carbocycles. The number of likely N-dealkylation sites (tertiary alicyclic amines) is 1. The van der Waals surface area contributed by atoms with E-state index in [4.69, 9.17) is 5.84 Å². The van der Waals surface area contributed by atoms with Gasteiger partial charge in [0.05, 0.1) is 0 Å². The summed E-state index contributed by atoms with van der Waals surface area (Å²) in [6, 6.07) is 10.8. The minimum absolute atomic E-state index is 0.795. The van der Waals surface area contributed by atoms with Gasteiger partial charge >= 0.3 is 0 Å². The lowest BCUT2D eigenvalue weighted by Crippen LogP contribution is -2.33. The third kappa shape index (κ3) is 4.03. The van der Waals surface area contributed by atoms with Crippen LogP contribution in [0.3, 0.4) is 0 Å². The van der Waals surface area contributed by atoms with Crippen LogP contribution < -0.4 is 11.3 Å². The van der Waals surface area contributed by atoms with Crippen molar-refractivity contribution in [1.82, 2.24) is 9.88 Å². The average Bonchev–Trinajstić information content (AvgIpc) is 2.98. The minimum atomic E-state index is 0.795. The second-order valence-corrected chi connectivity index (χ2v) is 6.80. The summed E-state index contributed by atoms with van der Waals surface area (Å²) in [7, 11) is 0. The predicted molar refractivity (Wildman–Crippen MR) is 88.1 cm³/mol. The molecule has 5 heteroatoms. The van der Waals surface area contributed by atoms with E-state index in [0.717, 1.165) is 17.6 Å². The number of nitrogens with zero attached hydrogens (tertiary/aromatic N) is 2. The number of nitrogens with two attached hydrogens (primary N) is 1. The van der Waals surface area contributed by atoms with E-state index in [1.54, 1.807) is 11.3 Å². The first-order valence-electron chi connectivity index (χ1n) is 7.51. The number of aromatic nitrogens is 1. The molecule has 2 aromatic rings. The molecule has 0 aliphatic carbocycles. The molecule has 3 rings (SSSR count). The van der Waals surface area contributed by atoms with Gasteiger partial charge in [-0.3, -0.25) is 10.3 Å². The van der Waals surface area contributed by atoms with Gasteiger partial charge in [0.2, 0.25) is 0 Å². The van der Waals surface area contributed by atoms with Crippen LogP contribution in [-0.2, 0) is 13.0 Å². The van der Waals surface area contributed by atoms with E-state index in [9.17, 15) is 0 Å². The molecule has 0 saturated carbocycles. The van der Waals surface area contributed by atoms with Crippen LogP contribution in [0.5, 0.6) is 0 Å². The summed E-state index contributed by atoms with van der Waals surface area (Å²) in [5.74, 6) is 6.20. The summed E-state index contributed by atoms with van der Waals surface area (Å²) < 4.78 is 0. The van der Waals surface area contributed by atoms with Crippen molar-refractivity contribution < 1.29 is 0 Å². The number of hydrazine groups is 1. The monoisotopic (exact) mass is 302 g/mol. The van der Waals surface area contributed by atoms with Gasteiger partial charge in [-0.2, -0.15) is 0 Å². The molecule has 1 aliphatic rings. The molecule has 0 radical (unpaired) electrons. The maximum atomic E-state index is 5.37. The zero-order valence-electron chi connectivity index (χ0n) is 12.2. The number of nitrogens with one attached hydrogen (secondary N) is 1. The van der Waals surface area contributed by atoms with Crippen molar-refractivity contribution in [2.75, 3.05) is 18.5 Å². The first-order chi connectivity index (χ1) is 10.3. The third-order valence-electron chi connectivity index (χ3n) is 4.13. The molecule has 1 aliphatic heterocycles. The zero-order valence-corrected chi connectivity index (χ0v) is 13.0. The molecule has 1 fully saturated rings. The van der Waals surface area contributed by atoms with Gasteiger partial charge < -0.3 is 0 Å². The third-order valence-corrected chi connectivity index (χ3v) is 5.04. The van der Waals surface area contributed by atoms with Crippen molar-refractivity contribution in [2.45, 2.75) is 25.8 Å². The normalized spacial score (nSPS) is 17.0. The highest BCUT2D eigenvalue weighted by atomic mass is 32.1. The van der Waals surface area contributed by atoms with Gasteiger partial charge in [0.25, 0.3) is 0 Å². The molecular formula is C16H22N4S. The molecule has 3 N–H and O–H groups in total. The first kappa shape index (κ1) is 14.5. The number of anilines is 1. The van der Waals surface area contributed by atoms with Crippen LogP contribution >= 0.6 is 11.3 Å². The fourth-order valence-electron chi connectivity index (χ4n) is 2.96. The van der Waals surface area contributed by atoms with Gasteiger partial charge in [0, 0.05) is 17.6 Å².